The number of rotatable bonds is 2. The number of carbonyl (C=O) groups is 2. The van der Waals surface area contributed by atoms with Gasteiger partial charge in [0.15, 0.2) is 16.8 Å². The van der Waals surface area contributed by atoms with Gasteiger partial charge < -0.3 is 9.15 Å². The molecule has 0 amide bonds. The zero-order valence-corrected chi connectivity index (χ0v) is 15.1. The molecule has 3 aromatic rings. The standard InChI is InChI=1S/C22H16O5/c1-10(2)16-9-14(23)17-11(3)8-13-19(22(17)27-16)21(25)18-12(20(13)24)6-5-7-15(18)26-4/h5-9H,1H2,2-4H3. The van der Waals surface area contributed by atoms with Crippen LogP contribution in [0.5, 0.6) is 5.75 Å². The van der Waals surface area contributed by atoms with Crippen molar-refractivity contribution >= 4 is 28.1 Å². The van der Waals surface area contributed by atoms with Gasteiger partial charge in [-0.05, 0) is 37.1 Å². The number of benzene rings is 2. The van der Waals surface area contributed by atoms with Gasteiger partial charge in [-0.3, -0.25) is 14.4 Å². The molecule has 1 aliphatic carbocycles. The van der Waals surface area contributed by atoms with E-state index >= 15 is 0 Å². The predicted octanol–water partition coefficient (Wildman–Crippen LogP) is 3.92. The normalized spacial score (nSPS) is 12.7. The Balaban J connectivity index is 2.18. The maximum atomic E-state index is 13.3. The summed E-state index contributed by atoms with van der Waals surface area (Å²) < 4.78 is 11.2. The Morgan fingerprint density at radius 2 is 1.78 bits per heavy atom. The van der Waals surface area contributed by atoms with Crippen molar-refractivity contribution in [2.24, 2.45) is 0 Å². The topological polar surface area (TPSA) is 73.6 Å². The second-order valence-corrected chi connectivity index (χ2v) is 6.62. The summed E-state index contributed by atoms with van der Waals surface area (Å²) in [6.45, 7) is 7.23. The summed E-state index contributed by atoms with van der Waals surface area (Å²) in [6, 6.07) is 7.83. The Morgan fingerprint density at radius 1 is 1.04 bits per heavy atom. The number of ketones is 2. The quantitative estimate of drug-likeness (QED) is 0.542. The average Bonchev–Trinajstić information content (AvgIpc) is 2.64. The molecule has 0 atom stereocenters. The van der Waals surface area contributed by atoms with Crippen LogP contribution in [0.4, 0.5) is 0 Å². The largest absolute Gasteiger partial charge is 0.496 e. The molecule has 5 heteroatoms. The Hall–Kier alpha value is -3.47. The molecule has 134 valence electrons. The molecule has 0 radical (unpaired) electrons. The van der Waals surface area contributed by atoms with Crippen LogP contribution in [-0.2, 0) is 0 Å². The maximum Gasteiger partial charge on any atom is 0.202 e. The SMILES string of the molecule is C=C(C)c1cc(=O)c2c(C)cc3c(c2o1)C(=O)c1c(OC)cccc1C3=O. The fraction of sp³-hybridized carbons (Fsp3) is 0.136. The zero-order valence-electron chi connectivity index (χ0n) is 15.1. The lowest BCUT2D eigenvalue weighted by molar-refractivity contribution is 0.0977. The van der Waals surface area contributed by atoms with Crippen LogP contribution in [0.2, 0.25) is 0 Å². The Labute approximate surface area is 154 Å². The van der Waals surface area contributed by atoms with Gasteiger partial charge in [-0.1, -0.05) is 18.7 Å². The molecule has 1 heterocycles. The molecule has 0 bridgehead atoms. The molecule has 27 heavy (non-hydrogen) atoms. The maximum absolute atomic E-state index is 13.3. The van der Waals surface area contributed by atoms with Crippen LogP contribution in [0, 0.1) is 6.92 Å². The van der Waals surface area contributed by atoms with Gasteiger partial charge in [0.05, 0.1) is 23.6 Å². The highest BCUT2D eigenvalue weighted by Crippen LogP contribution is 2.37. The molecule has 0 saturated heterocycles. The van der Waals surface area contributed by atoms with Gasteiger partial charge in [-0.2, -0.15) is 0 Å². The number of carbonyl (C=O) groups excluding carboxylic acids is 2. The van der Waals surface area contributed by atoms with Crippen molar-refractivity contribution in [1.82, 2.24) is 0 Å². The minimum Gasteiger partial charge on any atom is -0.496 e. The first-order valence-electron chi connectivity index (χ1n) is 8.39. The zero-order chi connectivity index (χ0) is 19.5. The Morgan fingerprint density at radius 3 is 2.44 bits per heavy atom. The molecule has 1 aliphatic rings. The summed E-state index contributed by atoms with van der Waals surface area (Å²) in [5.41, 5.74) is 1.77. The smallest absolute Gasteiger partial charge is 0.202 e. The molecule has 2 aromatic carbocycles. The third-order valence-corrected chi connectivity index (χ3v) is 4.81. The lowest BCUT2D eigenvalue weighted by Crippen LogP contribution is -2.23. The summed E-state index contributed by atoms with van der Waals surface area (Å²) in [5, 5.41) is 0.290. The van der Waals surface area contributed by atoms with E-state index in [9.17, 15) is 14.4 Å². The molecule has 0 aliphatic heterocycles. The average molecular weight is 360 g/mol. The van der Waals surface area contributed by atoms with Gasteiger partial charge in [0, 0.05) is 17.2 Å². The fourth-order valence-corrected chi connectivity index (χ4v) is 3.54. The summed E-state index contributed by atoms with van der Waals surface area (Å²) >= 11 is 0. The van der Waals surface area contributed by atoms with Crippen molar-refractivity contribution in [2.45, 2.75) is 13.8 Å². The number of ether oxygens (including phenoxy) is 1. The monoisotopic (exact) mass is 360 g/mol. The van der Waals surface area contributed by atoms with Crippen LogP contribution in [0.25, 0.3) is 16.5 Å². The van der Waals surface area contributed by atoms with E-state index in [1.54, 1.807) is 38.1 Å². The lowest BCUT2D eigenvalue weighted by Gasteiger charge is -2.21. The van der Waals surface area contributed by atoms with Crippen LogP contribution in [0.15, 0.2) is 46.1 Å². The number of allylic oxidation sites excluding steroid dienone is 1. The van der Waals surface area contributed by atoms with E-state index in [0.717, 1.165) is 0 Å². The number of hydrogen-bond acceptors (Lipinski definition) is 5. The summed E-state index contributed by atoms with van der Waals surface area (Å²) in [5.74, 6) is -0.106. The molecule has 0 N–H and O–H groups in total. The molecule has 0 spiro atoms. The van der Waals surface area contributed by atoms with Gasteiger partial charge in [-0.25, -0.2) is 0 Å². The van der Waals surface area contributed by atoms with E-state index in [1.165, 1.54) is 13.2 Å². The van der Waals surface area contributed by atoms with Crippen molar-refractivity contribution in [3.05, 3.63) is 80.7 Å². The highest BCUT2D eigenvalue weighted by molar-refractivity contribution is 6.32. The third-order valence-electron chi connectivity index (χ3n) is 4.81. The molecular weight excluding hydrogens is 344 g/mol. The van der Waals surface area contributed by atoms with Crippen LogP contribution < -0.4 is 10.2 Å². The highest BCUT2D eigenvalue weighted by Gasteiger charge is 2.35. The van der Waals surface area contributed by atoms with E-state index < -0.39 is 5.78 Å². The van der Waals surface area contributed by atoms with Crippen LogP contribution in [-0.4, -0.2) is 18.7 Å². The van der Waals surface area contributed by atoms with Crippen molar-refractivity contribution in [2.75, 3.05) is 7.11 Å². The first kappa shape index (κ1) is 17.0. The number of fused-ring (bicyclic) bond motifs is 4. The number of hydrogen-bond donors (Lipinski definition) is 0. The van der Waals surface area contributed by atoms with E-state index in [-0.39, 0.29) is 44.8 Å². The van der Waals surface area contributed by atoms with Crippen molar-refractivity contribution in [3.63, 3.8) is 0 Å². The lowest BCUT2D eigenvalue weighted by atomic mass is 9.81. The molecule has 4 rings (SSSR count). The number of methoxy groups -OCH3 is 1. The van der Waals surface area contributed by atoms with Gasteiger partial charge in [0.1, 0.15) is 11.5 Å². The second kappa shape index (κ2) is 5.77. The van der Waals surface area contributed by atoms with Crippen molar-refractivity contribution in [1.29, 1.82) is 0 Å². The highest BCUT2D eigenvalue weighted by atomic mass is 16.5. The van der Waals surface area contributed by atoms with Crippen molar-refractivity contribution < 1.29 is 18.7 Å². The summed E-state index contributed by atoms with van der Waals surface area (Å²) in [7, 11) is 1.44. The number of aryl methyl sites for hydroxylation is 1. The Kier molecular flexibility index (Phi) is 3.63. The summed E-state index contributed by atoms with van der Waals surface area (Å²) in [6.07, 6.45) is 0. The molecule has 0 fully saturated rings. The van der Waals surface area contributed by atoms with E-state index in [4.69, 9.17) is 9.15 Å². The van der Waals surface area contributed by atoms with Crippen LogP contribution >= 0.6 is 0 Å². The van der Waals surface area contributed by atoms with Crippen LogP contribution in [0.1, 0.15) is 50.1 Å². The third kappa shape index (κ3) is 2.28. The molecule has 5 nitrogen and oxygen atoms in total. The fourth-order valence-electron chi connectivity index (χ4n) is 3.54. The van der Waals surface area contributed by atoms with Gasteiger partial charge >= 0.3 is 0 Å². The second-order valence-electron chi connectivity index (χ2n) is 6.62. The van der Waals surface area contributed by atoms with Gasteiger partial charge in [0.25, 0.3) is 0 Å². The molecule has 0 unspecified atom stereocenters. The molecule has 1 aromatic heterocycles. The summed E-state index contributed by atoms with van der Waals surface area (Å²) in [4.78, 5) is 39.1. The van der Waals surface area contributed by atoms with E-state index in [2.05, 4.69) is 6.58 Å². The van der Waals surface area contributed by atoms with E-state index in [0.29, 0.717) is 22.3 Å². The first-order chi connectivity index (χ1) is 12.8. The molecule has 0 saturated carbocycles. The Bertz CT molecular complexity index is 1240. The van der Waals surface area contributed by atoms with E-state index in [1.807, 2.05) is 0 Å². The van der Waals surface area contributed by atoms with Gasteiger partial charge in [0.2, 0.25) is 5.78 Å². The molecular formula is C22H16O5. The first-order valence-corrected chi connectivity index (χ1v) is 8.39. The predicted molar refractivity (Wildman–Crippen MR) is 102 cm³/mol. The van der Waals surface area contributed by atoms with Crippen LogP contribution in [0.3, 0.4) is 0 Å². The minimum atomic E-state index is -0.399. The minimum absolute atomic E-state index is 0.0952. The van der Waals surface area contributed by atoms with Crippen molar-refractivity contribution in [3.8, 4) is 5.75 Å². The van der Waals surface area contributed by atoms with Gasteiger partial charge in [-0.15, -0.1) is 0 Å².